The van der Waals surface area contributed by atoms with E-state index in [2.05, 4.69) is 0 Å². The Balaban J connectivity index is 2.81. The number of anilines is 1. The normalized spacial score (nSPS) is 14.7. The highest BCUT2D eigenvalue weighted by atomic mass is 32.2. The number of rotatable bonds is 5. The molecule has 0 aromatic heterocycles. The van der Waals surface area contributed by atoms with Gasteiger partial charge in [-0.15, -0.1) is 11.8 Å². The van der Waals surface area contributed by atoms with E-state index in [1.165, 1.54) is 0 Å². The number of hydrogen-bond donors (Lipinski definition) is 2. The van der Waals surface area contributed by atoms with Crippen molar-refractivity contribution in [3.05, 3.63) is 18.2 Å². The minimum Gasteiger partial charge on any atom is -0.489 e. The molecule has 0 saturated heterocycles. The molecule has 3 N–H and O–H groups in total. The summed E-state index contributed by atoms with van der Waals surface area (Å²) in [5.41, 5.74) is 6.49. The first-order chi connectivity index (χ1) is 7.90. The van der Waals surface area contributed by atoms with Crippen LogP contribution in [0.2, 0.25) is 0 Å². The monoisotopic (exact) mass is 255 g/mol. The Morgan fingerprint density at radius 3 is 2.41 bits per heavy atom. The zero-order valence-electron chi connectivity index (χ0n) is 10.8. The second-order valence-corrected chi connectivity index (χ2v) is 5.88. The fourth-order valence-corrected chi connectivity index (χ4v) is 2.21. The van der Waals surface area contributed by atoms with Gasteiger partial charge in [0.05, 0.1) is 17.9 Å². The smallest absolute Gasteiger partial charge is 0.143 e. The maximum absolute atomic E-state index is 9.47. The first-order valence-electron chi connectivity index (χ1n) is 5.81. The van der Waals surface area contributed by atoms with Gasteiger partial charge in [0, 0.05) is 10.1 Å². The van der Waals surface area contributed by atoms with Gasteiger partial charge in [-0.3, -0.25) is 0 Å². The molecule has 3 nitrogen and oxygen atoms in total. The number of aliphatic hydroxyl groups excluding tert-OH is 1. The van der Waals surface area contributed by atoms with Gasteiger partial charge in [0.15, 0.2) is 0 Å². The van der Waals surface area contributed by atoms with Crippen LogP contribution in [0, 0.1) is 0 Å². The van der Waals surface area contributed by atoms with Crippen LogP contribution in [-0.4, -0.2) is 22.6 Å². The van der Waals surface area contributed by atoms with Gasteiger partial charge in [0.2, 0.25) is 0 Å². The Hall–Kier alpha value is -0.870. The maximum Gasteiger partial charge on any atom is 0.143 e. The SMILES string of the molecule is CC(C)Oc1cc(SC(C)C(C)O)ccc1N. The number of hydrogen-bond acceptors (Lipinski definition) is 4. The molecule has 0 amide bonds. The quantitative estimate of drug-likeness (QED) is 0.627. The van der Waals surface area contributed by atoms with Crippen LogP contribution in [0.4, 0.5) is 5.69 Å². The average molecular weight is 255 g/mol. The van der Waals surface area contributed by atoms with Crippen LogP contribution < -0.4 is 10.5 Å². The highest BCUT2D eigenvalue weighted by Crippen LogP contribution is 2.32. The summed E-state index contributed by atoms with van der Waals surface area (Å²) in [5.74, 6) is 0.711. The van der Waals surface area contributed by atoms with Gasteiger partial charge in [-0.25, -0.2) is 0 Å². The Bertz CT molecular complexity index is 366. The summed E-state index contributed by atoms with van der Waals surface area (Å²) in [6, 6.07) is 5.72. The van der Waals surface area contributed by atoms with Crippen LogP contribution in [0.25, 0.3) is 0 Å². The van der Waals surface area contributed by atoms with Crippen molar-refractivity contribution in [1.82, 2.24) is 0 Å². The van der Waals surface area contributed by atoms with E-state index >= 15 is 0 Å². The molecule has 1 rings (SSSR count). The minimum atomic E-state index is -0.341. The van der Waals surface area contributed by atoms with Gasteiger partial charge in [-0.2, -0.15) is 0 Å². The third kappa shape index (κ3) is 4.48. The molecular formula is C13H21NO2S. The largest absolute Gasteiger partial charge is 0.489 e. The highest BCUT2D eigenvalue weighted by Gasteiger charge is 2.12. The van der Waals surface area contributed by atoms with Crippen LogP contribution in [0.1, 0.15) is 27.7 Å². The molecule has 0 saturated carbocycles. The van der Waals surface area contributed by atoms with Crippen molar-refractivity contribution in [1.29, 1.82) is 0 Å². The van der Waals surface area contributed by atoms with Gasteiger partial charge in [0.1, 0.15) is 5.75 Å². The molecule has 0 radical (unpaired) electrons. The predicted octanol–water partition coefficient (Wildman–Crippen LogP) is 2.92. The van der Waals surface area contributed by atoms with E-state index in [0.717, 1.165) is 4.90 Å². The van der Waals surface area contributed by atoms with Crippen LogP contribution >= 0.6 is 11.8 Å². The Morgan fingerprint density at radius 1 is 1.24 bits per heavy atom. The summed E-state index contributed by atoms with van der Waals surface area (Å²) in [6.45, 7) is 7.73. The molecule has 1 aromatic carbocycles. The lowest BCUT2D eigenvalue weighted by molar-refractivity contribution is 0.196. The first-order valence-corrected chi connectivity index (χ1v) is 6.69. The van der Waals surface area contributed by atoms with E-state index in [9.17, 15) is 5.11 Å². The molecule has 2 atom stereocenters. The van der Waals surface area contributed by atoms with Gasteiger partial charge in [-0.05, 0) is 39.0 Å². The molecular weight excluding hydrogens is 234 g/mol. The van der Waals surface area contributed by atoms with Gasteiger partial charge >= 0.3 is 0 Å². The van der Waals surface area contributed by atoms with E-state index in [1.54, 1.807) is 18.7 Å². The van der Waals surface area contributed by atoms with Crippen molar-refractivity contribution < 1.29 is 9.84 Å². The molecule has 0 fully saturated rings. The lowest BCUT2D eigenvalue weighted by Crippen LogP contribution is -2.15. The highest BCUT2D eigenvalue weighted by molar-refractivity contribution is 8.00. The van der Waals surface area contributed by atoms with Crippen LogP contribution in [-0.2, 0) is 0 Å². The van der Waals surface area contributed by atoms with Crippen LogP contribution in [0.15, 0.2) is 23.1 Å². The molecule has 0 heterocycles. The fourth-order valence-electron chi connectivity index (χ4n) is 1.26. The lowest BCUT2D eigenvalue weighted by Gasteiger charge is -2.16. The number of thioether (sulfide) groups is 1. The van der Waals surface area contributed by atoms with E-state index < -0.39 is 0 Å². The molecule has 0 aliphatic heterocycles. The van der Waals surface area contributed by atoms with Crippen molar-refractivity contribution in [2.45, 2.75) is 50.0 Å². The Morgan fingerprint density at radius 2 is 1.88 bits per heavy atom. The molecule has 1 aromatic rings. The molecule has 0 bridgehead atoms. The molecule has 0 spiro atoms. The summed E-state index contributed by atoms with van der Waals surface area (Å²) in [6.07, 6.45) is -0.237. The number of nitrogen functional groups attached to an aromatic ring is 1. The molecule has 4 heteroatoms. The standard InChI is InChI=1S/C13H21NO2S/c1-8(2)16-13-7-11(5-6-12(13)14)17-10(4)9(3)15/h5-10,15H,14H2,1-4H3. The van der Waals surface area contributed by atoms with Crippen molar-refractivity contribution in [3.8, 4) is 5.75 Å². The number of nitrogens with two attached hydrogens (primary N) is 1. The van der Waals surface area contributed by atoms with Crippen molar-refractivity contribution in [3.63, 3.8) is 0 Å². The fraction of sp³-hybridized carbons (Fsp3) is 0.538. The van der Waals surface area contributed by atoms with Crippen LogP contribution in [0.5, 0.6) is 5.75 Å². The number of benzene rings is 1. The zero-order valence-corrected chi connectivity index (χ0v) is 11.6. The zero-order chi connectivity index (χ0) is 13.0. The topological polar surface area (TPSA) is 55.5 Å². The van der Waals surface area contributed by atoms with Crippen LogP contribution in [0.3, 0.4) is 0 Å². The average Bonchev–Trinajstić information content (AvgIpc) is 2.22. The van der Waals surface area contributed by atoms with Gasteiger partial charge < -0.3 is 15.6 Å². The lowest BCUT2D eigenvalue weighted by atomic mass is 10.3. The first kappa shape index (κ1) is 14.2. The molecule has 2 unspecified atom stereocenters. The molecule has 17 heavy (non-hydrogen) atoms. The third-order valence-electron chi connectivity index (χ3n) is 2.35. The van der Waals surface area contributed by atoms with Crippen molar-refractivity contribution in [2.75, 3.05) is 5.73 Å². The summed E-state index contributed by atoms with van der Waals surface area (Å²) < 4.78 is 5.63. The van der Waals surface area contributed by atoms with E-state index in [1.807, 2.05) is 39.0 Å². The number of ether oxygens (including phenoxy) is 1. The molecule has 0 aliphatic carbocycles. The van der Waals surface area contributed by atoms with E-state index in [4.69, 9.17) is 10.5 Å². The van der Waals surface area contributed by atoms with Crippen molar-refractivity contribution in [2.24, 2.45) is 0 Å². The van der Waals surface area contributed by atoms with Gasteiger partial charge in [-0.1, -0.05) is 6.92 Å². The van der Waals surface area contributed by atoms with Crippen molar-refractivity contribution >= 4 is 17.4 Å². The minimum absolute atomic E-state index is 0.103. The summed E-state index contributed by atoms with van der Waals surface area (Å²) in [7, 11) is 0. The van der Waals surface area contributed by atoms with E-state index in [-0.39, 0.29) is 17.5 Å². The van der Waals surface area contributed by atoms with Gasteiger partial charge in [0.25, 0.3) is 0 Å². The van der Waals surface area contributed by atoms with E-state index in [0.29, 0.717) is 11.4 Å². The summed E-state index contributed by atoms with van der Waals surface area (Å²) in [4.78, 5) is 1.06. The predicted molar refractivity (Wildman–Crippen MR) is 73.6 cm³/mol. The number of aliphatic hydroxyl groups is 1. The maximum atomic E-state index is 9.47. The third-order valence-corrected chi connectivity index (χ3v) is 3.64. The Labute approximate surface area is 107 Å². The summed E-state index contributed by atoms with van der Waals surface area (Å²) >= 11 is 1.62. The Kier molecular flexibility index (Phi) is 5.15. The molecule has 0 aliphatic rings. The second kappa shape index (κ2) is 6.17. The second-order valence-electron chi connectivity index (χ2n) is 4.43. The summed E-state index contributed by atoms with van der Waals surface area (Å²) in [5, 5.41) is 9.62. The molecule has 96 valence electrons.